The zero-order valence-corrected chi connectivity index (χ0v) is 47.6. The monoisotopic (exact) mass is 1090 g/mol. The van der Waals surface area contributed by atoms with E-state index in [9.17, 15) is 0 Å². The lowest BCUT2D eigenvalue weighted by molar-refractivity contribution is 1.16. The van der Waals surface area contributed by atoms with Gasteiger partial charge in [0.25, 0.3) is 0 Å². The van der Waals surface area contributed by atoms with E-state index in [-0.39, 0.29) is 0 Å². The van der Waals surface area contributed by atoms with Gasteiger partial charge in [0.1, 0.15) is 0 Å². The van der Waals surface area contributed by atoms with Crippen LogP contribution >= 0.6 is 0 Å². The molecule has 16 aromatic rings. The first kappa shape index (κ1) is 48.6. The third-order valence-electron chi connectivity index (χ3n) is 17.7. The fraction of sp³-hybridized carbons (Fsp3) is 0. The Bertz CT molecular complexity index is 4820. The molecule has 0 saturated heterocycles. The van der Waals surface area contributed by atoms with Gasteiger partial charge in [-0.1, -0.05) is 267 Å². The van der Waals surface area contributed by atoms with Crippen molar-refractivity contribution in [2.75, 3.05) is 0 Å². The Labute approximate surface area is 484 Å². The number of rotatable bonds is 11. The Morgan fingerprint density at radius 2 is 0.482 bits per heavy atom. The predicted octanol–water partition coefficient (Wildman–Crippen LogP) is 13.7. The largest absolute Gasteiger partial charge is 0.309 e. The highest BCUT2D eigenvalue weighted by Gasteiger charge is 2.44. The molecule has 0 aliphatic heterocycles. The molecule has 0 saturated carbocycles. The molecule has 83 heavy (non-hydrogen) atoms. The Balaban J connectivity index is 0.982. The number of aromatic nitrogens is 3. The minimum atomic E-state index is -3.09. The summed E-state index contributed by atoms with van der Waals surface area (Å²) < 4.78 is 7.57. The van der Waals surface area contributed by atoms with Crippen molar-refractivity contribution >= 4 is 123 Å². The molecule has 0 N–H and O–H groups in total. The van der Waals surface area contributed by atoms with Crippen LogP contribution in [0.15, 0.2) is 334 Å². The minimum absolute atomic E-state index is 1.12. The Morgan fingerprint density at radius 1 is 0.181 bits per heavy atom. The van der Waals surface area contributed by atoms with E-state index in [0.29, 0.717) is 0 Å². The number of para-hydroxylation sites is 4. The lowest BCUT2D eigenvalue weighted by Gasteiger charge is -2.35. The lowest BCUT2D eigenvalue weighted by Crippen LogP contribution is -2.75. The zero-order valence-electron chi connectivity index (χ0n) is 45.6. The van der Waals surface area contributed by atoms with E-state index in [4.69, 9.17) is 0 Å². The van der Waals surface area contributed by atoms with Crippen molar-refractivity contribution in [3.63, 3.8) is 0 Å². The summed E-state index contributed by atoms with van der Waals surface area (Å²) in [6.07, 6.45) is 0. The van der Waals surface area contributed by atoms with Gasteiger partial charge in [-0.15, -0.1) is 0 Å². The number of hydrogen-bond donors (Lipinski definition) is 0. The predicted molar refractivity (Wildman–Crippen MR) is 357 cm³/mol. The zero-order chi connectivity index (χ0) is 54.9. The Hall–Kier alpha value is -10.3. The van der Waals surface area contributed by atoms with Crippen LogP contribution in [0.25, 0.3) is 82.5 Å². The maximum absolute atomic E-state index is 3.09. The molecule has 3 heterocycles. The Kier molecular flexibility index (Phi) is 11.6. The van der Waals surface area contributed by atoms with Gasteiger partial charge in [-0.05, 0) is 108 Å². The van der Waals surface area contributed by atoms with Crippen molar-refractivity contribution in [1.29, 1.82) is 0 Å². The molecule has 0 unspecified atom stereocenters. The summed E-state index contributed by atoms with van der Waals surface area (Å²) in [6, 6.07) is 125. The van der Waals surface area contributed by atoms with E-state index >= 15 is 0 Å². The van der Waals surface area contributed by atoms with Gasteiger partial charge in [0.2, 0.25) is 0 Å². The molecule has 0 bridgehead atoms. The fourth-order valence-corrected chi connectivity index (χ4v) is 24.1. The summed E-state index contributed by atoms with van der Waals surface area (Å²) in [4.78, 5) is 0. The molecule has 0 atom stereocenters. The van der Waals surface area contributed by atoms with E-state index in [0.717, 1.165) is 28.1 Å². The van der Waals surface area contributed by atoms with Gasteiger partial charge < -0.3 is 13.7 Å². The molecule has 0 fully saturated rings. The van der Waals surface area contributed by atoms with Gasteiger partial charge in [-0.25, -0.2) is 0 Å². The second-order valence-electron chi connectivity index (χ2n) is 21.9. The first-order chi connectivity index (χ1) is 41.2. The minimum Gasteiger partial charge on any atom is -0.309 e. The van der Waals surface area contributed by atoms with E-state index in [1.807, 2.05) is 0 Å². The van der Waals surface area contributed by atoms with E-state index in [1.54, 1.807) is 0 Å². The number of nitrogens with zero attached hydrogens (tertiary/aromatic N) is 3. The maximum atomic E-state index is 2.61. The normalized spacial score (nSPS) is 12.1. The smallest absolute Gasteiger partial charge is 0.181 e. The van der Waals surface area contributed by atoms with Gasteiger partial charge in [-0.2, -0.15) is 0 Å². The average Bonchev–Trinajstić information content (AvgIpc) is 2.79. The fourth-order valence-electron chi connectivity index (χ4n) is 14.3. The van der Waals surface area contributed by atoms with E-state index in [1.165, 1.54) is 95.9 Å². The van der Waals surface area contributed by atoms with Gasteiger partial charge in [0.15, 0.2) is 16.1 Å². The third kappa shape index (κ3) is 7.42. The van der Waals surface area contributed by atoms with E-state index in [2.05, 4.69) is 347 Å². The second-order valence-corrected chi connectivity index (χ2v) is 29.5. The van der Waals surface area contributed by atoms with Crippen LogP contribution in [0.4, 0.5) is 0 Å². The highest BCUT2D eigenvalue weighted by Crippen LogP contribution is 2.40. The summed E-state index contributed by atoms with van der Waals surface area (Å²) >= 11 is 0. The van der Waals surface area contributed by atoms with Crippen LogP contribution in [-0.4, -0.2) is 29.8 Å². The average molecular weight is 1090 g/mol. The van der Waals surface area contributed by atoms with Gasteiger partial charge in [0.05, 0.1) is 33.1 Å². The van der Waals surface area contributed by atoms with Crippen LogP contribution in [0.5, 0.6) is 0 Å². The van der Waals surface area contributed by atoms with Crippen LogP contribution in [0, 0.1) is 0 Å². The highest BCUT2D eigenvalue weighted by molar-refractivity contribution is 7.21. The molecule has 390 valence electrons. The summed E-state index contributed by atoms with van der Waals surface area (Å²) in [5.41, 5.74) is 10.5. The Morgan fingerprint density at radius 3 is 0.928 bits per heavy atom. The number of fused-ring (bicyclic) bond motifs is 9. The third-order valence-corrected chi connectivity index (χ3v) is 27.3. The molecule has 5 heteroatoms. The molecular weight excluding hydrogens is 1040 g/mol. The molecule has 0 radical (unpaired) electrons. The molecule has 0 aliphatic rings. The standard InChI is InChI=1S/C78H55N3Si2/c1-7-28-59(29-8-1)82(60-30-9-2-10-31-60,61-32-11-3-12-33-61)65-40-25-27-56(53-65)79-74-47-24-21-43-68(74)70-55-58(50-51-75(70)79)81-76-52-49-57(80-72-45-22-19-41-66(72)67-42-20-23-46-73(67)80)54-71(76)69-44-26-48-77(78(69)81)83(62-34-13-4-14-35-62,63-36-15-5-16-37-63)64-38-17-6-18-39-64/h1-55H. The molecular formula is C78H55N3Si2. The number of benzene rings is 13. The van der Waals surface area contributed by atoms with Crippen molar-refractivity contribution < 1.29 is 0 Å². The highest BCUT2D eigenvalue weighted by atomic mass is 28.3. The summed E-state index contributed by atoms with van der Waals surface area (Å²) in [5.74, 6) is 0. The van der Waals surface area contributed by atoms with Crippen LogP contribution in [0.3, 0.4) is 0 Å². The molecule has 0 amide bonds. The lowest BCUT2D eigenvalue weighted by atomic mass is 10.1. The van der Waals surface area contributed by atoms with Gasteiger partial charge in [-0.3, -0.25) is 0 Å². The van der Waals surface area contributed by atoms with Crippen LogP contribution in [0.2, 0.25) is 0 Å². The maximum Gasteiger partial charge on any atom is 0.181 e. The SMILES string of the molecule is c1ccc([Si](c2ccccc2)(c2ccccc2)c2cccc(-n3c4ccccc4c4cc(-n5c6ccc(-n7c8ccccc8c8ccccc87)cc6c6cccc([Si](c7ccccc7)(c7ccccc7)c7ccccc7)c65)ccc43)c2)cc1. The van der Waals surface area contributed by atoms with E-state index < -0.39 is 16.1 Å². The summed E-state index contributed by atoms with van der Waals surface area (Å²) in [5, 5.41) is 18.1. The van der Waals surface area contributed by atoms with Crippen LogP contribution < -0.4 is 41.5 Å². The molecule has 13 aromatic carbocycles. The molecule has 0 aliphatic carbocycles. The van der Waals surface area contributed by atoms with Gasteiger partial charge >= 0.3 is 0 Å². The van der Waals surface area contributed by atoms with Gasteiger partial charge in [0, 0.05) is 49.4 Å². The topological polar surface area (TPSA) is 14.8 Å². The molecule has 3 nitrogen and oxygen atoms in total. The van der Waals surface area contributed by atoms with Crippen molar-refractivity contribution in [2.45, 2.75) is 0 Å². The van der Waals surface area contributed by atoms with Crippen molar-refractivity contribution in [3.8, 4) is 17.1 Å². The summed E-state index contributed by atoms with van der Waals surface area (Å²) in [6.45, 7) is 0. The first-order valence-electron chi connectivity index (χ1n) is 28.8. The number of hydrogen-bond acceptors (Lipinski definition) is 0. The van der Waals surface area contributed by atoms with Crippen LogP contribution in [0.1, 0.15) is 0 Å². The molecule has 0 spiro atoms. The summed E-state index contributed by atoms with van der Waals surface area (Å²) in [7, 11) is -5.93. The van der Waals surface area contributed by atoms with Crippen molar-refractivity contribution in [1.82, 2.24) is 13.7 Å². The quantitative estimate of drug-likeness (QED) is 0.0906. The van der Waals surface area contributed by atoms with Crippen molar-refractivity contribution in [3.05, 3.63) is 334 Å². The molecule has 16 rings (SSSR count). The molecule has 3 aromatic heterocycles. The first-order valence-corrected chi connectivity index (χ1v) is 32.8. The second kappa shape index (κ2) is 19.7. The van der Waals surface area contributed by atoms with Crippen molar-refractivity contribution in [2.24, 2.45) is 0 Å². The van der Waals surface area contributed by atoms with Crippen LogP contribution in [-0.2, 0) is 0 Å².